The molecule has 1 saturated heterocycles. The number of carbonyl (C=O) groups is 1. The zero-order chi connectivity index (χ0) is 23.4. The molecule has 1 fully saturated rings. The summed E-state index contributed by atoms with van der Waals surface area (Å²) < 4.78 is 32.7. The van der Waals surface area contributed by atoms with E-state index in [0.29, 0.717) is 44.1 Å². The normalized spacial score (nSPS) is 16.0. The summed E-state index contributed by atoms with van der Waals surface area (Å²) in [4.78, 5) is 12.7. The van der Waals surface area contributed by atoms with Crippen LogP contribution in [-0.4, -0.2) is 44.9 Å². The van der Waals surface area contributed by atoms with Gasteiger partial charge in [-0.3, -0.25) is 4.79 Å². The summed E-state index contributed by atoms with van der Waals surface area (Å²) in [5, 5.41) is 3.39. The molecule has 32 heavy (non-hydrogen) atoms. The maximum Gasteiger partial charge on any atom is 0.243 e. The molecule has 0 aliphatic carbocycles. The predicted molar refractivity (Wildman–Crippen MR) is 127 cm³/mol. The Labute approximate surface area is 196 Å². The number of halogens is 1. The van der Waals surface area contributed by atoms with E-state index in [1.54, 1.807) is 12.1 Å². The van der Waals surface area contributed by atoms with Crippen LogP contribution in [0.15, 0.2) is 53.4 Å². The summed E-state index contributed by atoms with van der Waals surface area (Å²) in [5.41, 5.74) is 1.33. The van der Waals surface area contributed by atoms with Gasteiger partial charge in [0.05, 0.1) is 11.4 Å². The van der Waals surface area contributed by atoms with Gasteiger partial charge in [0.2, 0.25) is 15.9 Å². The highest BCUT2D eigenvalue weighted by Gasteiger charge is 2.32. The van der Waals surface area contributed by atoms with Gasteiger partial charge in [0, 0.05) is 24.0 Å². The first-order valence-electron chi connectivity index (χ1n) is 10.8. The Hall–Kier alpha value is -2.09. The van der Waals surface area contributed by atoms with Crippen molar-refractivity contribution >= 4 is 27.5 Å². The van der Waals surface area contributed by atoms with Crippen molar-refractivity contribution in [1.82, 2.24) is 9.62 Å². The lowest BCUT2D eigenvalue weighted by molar-refractivity contribution is -0.126. The van der Waals surface area contributed by atoms with Crippen LogP contribution in [0.4, 0.5) is 0 Å². The van der Waals surface area contributed by atoms with E-state index in [9.17, 15) is 13.2 Å². The van der Waals surface area contributed by atoms with Crippen molar-refractivity contribution in [1.29, 1.82) is 0 Å². The molecular weight excluding hydrogens is 448 g/mol. The van der Waals surface area contributed by atoms with Gasteiger partial charge in [-0.15, -0.1) is 0 Å². The summed E-state index contributed by atoms with van der Waals surface area (Å²) in [6.45, 7) is 7.91. The van der Waals surface area contributed by atoms with Crippen LogP contribution in [0.5, 0.6) is 5.75 Å². The Balaban J connectivity index is 1.41. The van der Waals surface area contributed by atoms with Crippen LogP contribution in [-0.2, 0) is 20.2 Å². The molecule has 2 aromatic carbocycles. The second-order valence-corrected chi connectivity index (χ2v) is 11.4. The molecule has 3 rings (SSSR count). The molecule has 6 nitrogen and oxygen atoms in total. The fraction of sp³-hybridized carbons (Fsp3) is 0.458. The minimum absolute atomic E-state index is 0.0554. The van der Waals surface area contributed by atoms with Crippen LogP contribution < -0.4 is 10.1 Å². The van der Waals surface area contributed by atoms with Crippen molar-refractivity contribution in [2.45, 2.75) is 43.9 Å². The van der Waals surface area contributed by atoms with E-state index in [-0.39, 0.29) is 22.1 Å². The van der Waals surface area contributed by atoms with Crippen molar-refractivity contribution in [2.75, 3.05) is 26.2 Å². The molecule has 1 amide bonds. The first-order chi connectivity index (χ1) is 15.1. The molecule has 0 unspecified atom stereocenters. The number of hydrogen-bond donors (Lipinski definition) is 1. The summed E-state index contributed by atoms with van der Waals surface area (Å²) >= 11 is 5.85. The first-order valence-corrected chi connectivity index (χ1v) is 12.7. The first kappa shape index (κ1) is 24.6. The van der Waals surface area contributed by atoms with E-state index < -0.39 is 10.0 Å². The summed E-state index contributed by atoms with van der Waals surface area (Å²) in [7, 11) is -3.57. The zero-order valence-corrected chi connectivity index (χ0v) is 20.4. The third kappa shape index (κ3) is 6.24. The number of benzene rings is 2. The Kier molecular flexibility index (Phi) is 7.85. The van der Waals surface area contributed by atoms with Gasteiger partial charge >= 0.3 is 0 Å². The fourth-order valence-corrected chi connectivity index (χ4v) is 5.25. The van der Waals surface area contributed by atoms with Gasteiger partial charge in [0.1, 0.15) is 12.4 Å². The van der Waals surface area contributed by atoms with Crippen LogP contribution in [0.25, 0.3) is 0 Å². The van der Waals surface area contributed by atoms with E-state index in [2.05, 4.69) is 38.2 Å². The molecule has 0 saturated carbocycles. The quantitative estimate of drug-likeness (QED) is 0.604. The minimum atomic E-state index is -3.57. The molecule has 8 heteroatoms. The van der Waals surface area contributed by atoms with Crippen LogP contribution in [0, 0.1) is 5.92 Å². The highest BCUT2D eigenvalue weighted by Crippen LogP contribution is 2.25. The standard InChI is InChI=1S/C24H31ClN2O4S/c1-24(2,3)19-4-8-21(9-5-19)31-17-14-26-23(28)18-12-15-27(16-13-18)32(29,30)22-10-6-20(25)7-11-22/h4-11,18H,12-17H2,1-3H3,(H,26,28). The van der Waals surface area contributed by atoms with Gasteiger partial charge in [-0.05, 0) is 60.2 Å². The Morgan fingerprint density at radius 2 is 1.66 bits per heavy atom. The van der Waals surface area contributed by atoms with Gasteiger partial charge in [0.15, 0.2) is 0 Å². The molecule has 1 N–H and O–H groups in total. The molecule has 1 heterocycles. The van der Waals surface area contributed by atoms with Crippen LogP contribution >= 0.6 is 11.6 Å². The number of hydrogen-bond acceptors (Lipinski definition) is 4. The van der Waals surface area contributed by atoms with Crippen LogP contribution in [0.2, 0.25) is 5.02 Å². The highest BCUT2D eigenvalue weighted by molar-refractivity contribution is 7.89. The van der Waals surface area contributed by atoms with E-state index in [1.165, 1.54) is 22.0 Å². The second kappa shape index (κ2) is 10.2. The van der Waals surface area contributed by atoms with Crippen molar-refractivity contribution < 1.29 is 17.9 Å². The minimum Gasteiger partial charge on any atom is -0.492 e. The van der Waals surface area contributed by atoms with Gasteiger partial charge in [-0.25, -0.2) is 8.42 Å². The summed E-state index contributed by atoms with van der Waals surface area (Å²) in [5.74, 6) is 0.519. The molecule has 0 atom stereocenters. The average Bonchev–Trinajstić information content (AvgIpc) is 2.76. The Bertz CT molecular complexity index is 1010. The lowest BCUT2D eigenvalue weighted by Crippen LogP contribution is -2.43. The van der Waals surface area contributed by atoms with Crippen LogP contribution in [0.1, 0.15) is 39.2 Å². The molecule has 0 aromatic heterocycles. The Morgan fingerprint density at radius 3 is 2.22 bits per heavy atom. The number of rotatable bonds is 7. The fourth-order valence-electron chi connectivity index (χ4n) is 3.65. The van der Waals surface area contributed by atoms with E-state index in [0.717, 1.165) is 5.75 Å². The molecule has 1 aliphatic rings. The van der Waals surface area contributed by atoms with Crippen molar-refractivity contribution in [2.24, 2.45) is 5.92 Å². The lowest BCUT2D eigenvalue weighted by atomic mass is 9.87. The van der Waals surface area contributed by atoms with Crippen LogP contribution in [0.3, 0.4) is 0 Å². The molecule has 1 aliphatic heterocycles. The van der Waals surface area contributed by atoms with Crippen molar-refractivity contribution in [3.05, 3.63) is 59.1 Å². The molecule has 174 valence electrons. The number of ether oxygens (including phenoxy) is 1. The van der Waals surface area contributed by atoms with E-state index in [1.807, 2.05) is 12.1 Å². The number of sulfonamides is 1. The zero-order valence-electron chi connectivity index (χ0n) is 18.8. The number of piperidine rings is 1. The highest BCUT2D eigenvalue weighted by atomic mass is 35.5. The summed E-state index contributed by atoms with van der Waals surface area (Å²) in [6, 6.07) is 14.1. The SMILES string of the molecule is CC(C)(C)c1ccc(OCCNC(=O)C2CCN(S(=O)(=O)c3ccc(Cl)cc3)CC2)cc1. The lowest BCUT2D eigenvalue weighted by Gasteiger charge is -2.30. The number of amides is 1. The smallest absolute Gasteiger partial charge is 0.243 e. The molecular formula is C24H31ClN2O4S. The van der Waals surface area contributed by atoms with Gasteiger partial charge in [-0.1, -0.05) is 44.5 Å². The number of nitrogens with zero attached hydrogens (tertiary/aromatic N) is 1. The largest absolute Gasteiger partial charge is 0.492 e. The topological polar surface area (TPSA) is 75.7 Å². The Morgan fingerprint density at radius 1 is 1.06 bits per heavy atom. The molecule has 0 radical (unpaired) electrons. The number of nitrogens with one attached hydrogen (secondary N) is 1. The number of carbonyl (C=O) groups excluding carboxylic acids is 1. The van der Waals surface area contributed by atoms with Gasteiger partial charge < -0.3 is 10.1 Å². The van der Waals surface area contributed by atoms with Gasteiger partial charge in [-0.2, -0.15) is 4.31 Å². The molecule has 0 spiro atoms. The maximum absolute atomic E-state index is 12.8. The summed E-state index contributed by atoms with van der Waals surface area (Å²) in [6.07, 6.45) is 0.988. The molecule has 2 aromatic rings. The third-order valence-electron chi connectivity index (χ3n) is 5.67. The van der Waals surface area contributed by atoms with E-state index >= 15 is 0 Å². The molecule has 0 bridgehead atoms. The van der Waals surface area contributed by atoms with Gasteiger partial charge in [0.25, 0.3) is 0 Å². The van der Waals surface area contributed by atoms with E-state index in [4.69, 9.17) is 16.3 Å². The predicted octanol–water partition coefficient (Wildman–Crippen LogP) is 4.23. The van der Waals surface area contributed by atoms with Crippen molar-refractivity contribution in [3.8, 4) is 5.75 Å². The second-order valence-electron chi connectivity index (χ2n) is 9.05. The monoisotopic (exact) mass is 478 g/mol. The average molecular weight is 479 g/mol. The van der Waals surface area contributed by atoms with Crippen molar-refractivity contribution in [3.63, 3.8) is 0 Å². The maximum atomic E-state index is 12.8. The third-order valence-corrected chi connectivity index (χ3v) is 7.83.